The first-order valence-electron chi connectivity index (χ1n) is 37.5. The van der Waals surface area contributed by atoms with Crippen LogP contribution in [-0.4, -0.2) is 295 Å². The molecule has 0 aromatic heterocycles. The van der Waals surface area contributed by atoms with Crippen molar-refractivity contribution >= 4 is 70.9 Å². The lowest BCUT2D eigenvalue weighted by Crippen LogP contribution is -2.68. The molecule has 3 heterocycles. The van der Waals surface area contributed by atoms with Gasteiger partial charge in [0.05, 0.1) is 25.6 Å². The number of rotatable bonds is 13. The third-order valence-corrected chi connectivity index (χ3v) is 23.4. The van der Waals surface area contributed by atoms with Gasteiger partial charge in [-0.3, -0.25) is 57.5 Å². The van der Waals surface area contributed by atoms with E-state index in [4.69, 9.17) is 4.74 Å². The highest BCUT2D eigenvalue weighted by atomic mass is 19.4. The highest BCUT2D eigenvalue weighted by Gasteiger charge is 2.56. The zero-order valence-corrected chi connectivity index (χ0v) is 62.8. The molecule has 0 aromatic carbocycles. The minimum Gasteiger partial charge on any atom is -0.377 e. The van der Waals surface area contributed by atoms with Crippen molar-refractivity contribution in [3.8, 4) is 0 Å². The maximum Gasteiger partial charge on any atom is 0.397 e. The molecule has 25 nitrogen and oxygen atoms in total. The summed E-state index contributed by atoms with van der Waals surface area (Å²) in [7, 11) is 10.3. The standard InChI is InChI=1S/C72H112F8N12O13/c1-12-41(3)60-68(102)86(7)40-58(95)87(8)50-22-15-14-18-31-91(67(50)101)54(34-42-23-26-45(73)27-24-42)66(100)85(6)39-56(93)81-49(28-25-43-32-47(74)59(48(75)33-43)72(78,79)80)64(98)92-38-46(105-13-2)35-52(92)63(97)83-71(29-19-30-71)70(104)90(11)61(44-20-16-17-21-44)69(103)89(10)53(65(99)84(4)5)37-57(94)88(9)51(36-55(76)77)62(96)82-60/h41-55,59-61H,12-40H2,1-11H3,(H,81,93)(H,82,96)(H,83,97)/t41-,42?,43?,45?,46+,47?,48?,49-,50-,51-,52-,53-,54-,59?,60-,61-/m0/s1. The molecule has 12 atom stereocenters. The van der Waals surface area contributed by atoms with Gasteiger partial charge in [0.2, 0.25) is 77.3 Å². The smallest absolute Gasteiger partial charge is 0.377 e. The maximum atomic E-state index is 15.5. The first-order chi connectivity index (χ1) is 49.4. The molecule has 105 heavy (non-hydrogen) atoms. The predicted molar refractivity (Wildman–Crippen MR) is 368 cm³/mol. The summed E-state index contributed by atoms with van der Waals surface area (Å²) >= 11 is 0. The number of ether oxygens (including phenoxy) is 1. The van der Waals surface area contributed by atoms with Gasteiger partial charge in [-0.05, 0) is 133 Å². The van der Waals surface area contributed by atoms with Crippen LogP contribution in [0.2, 0.25) is 0 Å². The van der Waals surface area contributed by atoms with Gasteiger partial charge >= 0.3 is 6.18 Å². The van der Waals surface area contributed by atoms with Gasteiger partial charge in [0, 0.05) is 88.9 Å². The van der Waals surface area contributed by atoms with Crippen LogP contribution in [0.5, 0.6) is 0 Å². The van der Waals surface area contributed by atoms with E-state index in [9.17, 15) is 55.1 Å². The van der Waals surface area contributed by atoms with E-state index >= 15 is 37.5 Å². The van der Waals surface area contributed by atoms with E-state index in [1.807, 2.05) is 0 Å². The summed E-state index contributed by atoms with van der Waals surface area (Å²) in [4.78, 5) is 189. The topological polar surface area (TPSA) is 279 Å². The molecule has 7 fully saturated rings. The lowest BCUT2D eigenvalue weighted by atomic mass is 9.74. The monoisotopic (exact) mass is 1500 g/mol. The number of likely N-dealkylation sites (N-methyl/N-ethyl adjacent to an activating group) is 7. The Morgan fingerprint density at radius 2 is 1.25 bits per heavy atom. The molecule has 594 valence electrons. The molecule has 12 amide bonds. The van der Waals surface area contributed by atoms with E-state index in [-0.39, 0.29) is 83.4 Å². The second kappa shape index (κ2) is 37.2. The molecule has 1 spiro atoms. The third-order valence-electron chi connectivity index (χ3n) is 23.4. The Hall–Kier alpha value is -6.96. The predicted octanol–water partition coefficient (Wildman–Crippen LogP) is 5.34. The van der Waals surface area contributed by atoms with Gasteiger partial charge < -0.3 is 64.8 Å². The maximum absolute atomic E-state index is 15.5. The second-order valence-corrected chi connectivity index (χ2v) is 30.9. The van der Waals surface area contributed by atoms with Crippen molar-refractivity contribution < 1.29 is 97.4 Å². The number of hydrogen-bond donors (Lipinski definition) is 3. The van der Waals surface area contributed by atoms with Gasteiger partial charge in [0.15, 0.2) is 0 Å². The summed E-state index contributed by atoms with van der Waals surface area (Å²) in [6.45, 7) is 3.25. The summed E-state index contributed by atoms with van der Waals surface area (Å²) in [5.74, 6) is -15.9. The number of nitrogens with one attached hydrogen (secondary N) is 3. The van der Waals surface area contributed by atoms with Gasteiger partial charge in [0.1, 0.15) is 78.3 Å². The van der Waals surface area contributed by atoms with Gasteiger partial charge in [-0.25, -0.2) is 22.0 Å². The molecule has 0 radical (unpaired) electrons. The molecular formula is C72H112F8N12O13. The molecule has 7 aliphatic rings. The summed E-state index contributed by atoms with van der Waals surface area (Å²) in [6, 6.07) is -12.2. The van der Waals surface area contributed by atoms with Crippen LogP contribution in [-0.2, 0) is 62.3 Å². The number of hydrogen-bond acceptors (Lipinski definition) is 13. The highest BCUT2D eigenvalue weighted by Crippen LogP contribution is 2.45. The first-order valence-corrected chi connectivity index (χ1v) is 37.5. The van der Waals surface area contributed by atoms with E-state index in [0.717, 1.165) is 36.4 Å². The number of amides is 12. The minimum absolute atomic E-state index is 0.00562. The highest BCUT2D eigenvalue weighted by molar-refractivity contribution is 6.01. The fourth-order valence-electron chi connectivity index (χ4n) is 16.7. The Morgan fingerprint density at radius 3 is 1.82 bits per heavy atom. The molecule has 3 aliphatic heterocycles. The fourth-order valence-corrected chi connectivity index (χ4v) is 16.7. The molecule has 3 N–H and O–H groups in total. The molecule has 33 heteroatoms. The van der Waals surface area contributed by atoms with E-state index < -0.39 is 231 Å². The molecule has 7 rings (SSSR count). The molecule has 2 unspecified atom stereocenters. The van der Waals surface area contributed by atoms with E-state index in [1.54, 1.807) is 20.8 Å². The minimum atomic E-state index is -5.20. The van der Waals surface area contributed by atoms with E-state index in [0.29, 0.717) is 69.1 Å². The number of carbonyl (C=O) groups is 12. The van der Waals surface area contributed by atoms with E-state index in [1.165, 1.54) is 59.1 Å². The Morgan fingerprint density at radius 1 is 0.629 bits per heavy atom. The van der Waals surface area contributed by atoms with Crippen molar-refractivity contribution in [1.29, 1.82) is 0 Å². The Bertz CT molecular complexity index is 3070. The van der Waals surface area contributed by atoms with Gasteiger partial charge in [-0.2, -0.15) is 13.2 Å². The molecule has 4 saturated carbocycles. The summed E-state index contributed by atoms with van der Waals surface area (Å²) in [6.07, 6.45) is -15.0. The molecule has 4 aliphatic carbocycles. The van der Waals surface area contributed by atoms with Crippen LogP contribution >= 0.6 is 0 Å². The van der Waals surface area contributed by atoms with Crippen molar-refractivity contribution in [2.45, 2.75) is 266 Å². The van der Waals surface area contributed by atoms with Crippen LogP contribution in [0.3, 0.4) is 0 Å². The van der Waals surface area contributed by atoms with Crippen LogP contribution in [0.1, 0.15) is 175 Å². The van der Waals surface area contributed by atoms with Crippen molar-refractivity contribution in [3.05, 3.63) is 0 Å². The average molecular weight is 1510 g/mol. The van der Waals surface area contributed by atoms with Crippen molar-refractivity contribution in [3.63, 3.8) is 0 Å². The van der Waals surface area contributed by atoms with Crippen LogP contribution in [0, 0.1) is 29.6 Å². The van der Waals surface area contributed by atoms with Crippen LogP contribution in [0.25, 0.3) is 0 Å². The molecule has 0 aromatic rings. The lowest BCUT2D eigenvalue weighted by molar-refractivity contribution is -0.219. The third kappa shape index (κ3) is 20.8. The first kappa shape index (κ1) is 85.3. The Kier molecular flexibility index (Phi) is 30.2. The van der Waals surface area contributed by atoms with Crippen LogP contribution in [0.4, 0.5) is 35.1 Å². The number of alkyl halides is 8. The quantitative estimate of drug-likeness (QED) is 0.197. The van der Waals surface area contributed by atoms with Crippen molar-refractivity contribution in [2.24, 2.45) is 29.6 Å². The number of halogens is 8. The number of nitrogens with zero attached hydrogens (tertiary/aromatic N) is 9. The van der Waals surface area contributed by atoms with Crippen molar-refractivity contribution in [1.82, 2.24) is 60.0 Å². The summed E-state index contributed by atoms with van der Waals surface area (Å²) in [5.41, 5.74) is -1.72. The summed E-state index contributed by atoms with van der Waals surface area (Å²) < 4.78 is 123. The Labute approximate surface area is 610 Å². The van der Waals surface area contributed by atoms with Gasteiger partial charge in [-0.1, -0.05) is 46.0 Å². The number of carbonyl (C=O) groups excluding carboxylic acids is 12. The van der Waals surface area contributed by atoms with Crippen LogP contribution < -0.4 is 16.0 Å². The summed E-state index contributed by atoms with van der Waals surface area (Å²) in [5, 5.41) is 8.12. The molecule has 2 bridgehead atoms. The Balaban J connectivity index is 1.32. The molecule has 3 saturated heterocycles. The molecular weight excluding hydrogens is 1390 g/mol. The van der Waals surface area contributed by atoms with Crippen molar-refractivity contribution in [2.75, 3.05) is 89.2 Å². The average Bonchev–Trinajstić information content (AvgIpc) is 1.67. The fraction of sp³-hybridized carbons (Fsp3) is 0.833. The normalized spacial score (nSPS) is 32.2. The van der Waals surface area contributed by atoms with Gasteiger partial charge in [-0.15, -0.1) is 0 Å². The second-order valence-electron chi connectivity index (χ2n) is 30.9. The zero-order chi connectivity index (χ0) is 77.9. The van der Waals surface area contributed by atoms with Gasteiger partial charge in [0.25, 0.3) is 0 Å². The lowest BCUT2D eigenvalue weighted by Gasteiger charge is -2.46. The van der Waals surface area contributed by atoms with Crippen LogP contribution in [0.15, 0.2) is 0 Å². The SMILES string of the molecule is CCO[C@@H]1C[C@H]2C(=O)NC3(CCC3)C(=O)N(C)[C@@H](C3CCCC3)C(=O)N(C)[C@H](C(=O)N(C)C)CC(=O)N(C)[C@@H](CC(F)F)C(=O)N[C@@H]([C@@H](C)CC)C(=O)N(C)CC(=O)N(C)[C@H]3CCCCCN(C3=O)[C@@H](CC3CCC(F)CC3)C(=O)N(C)CC(=O)N[C@@H](CCC3CC(F)C(C(F)(F)F)C(F)C3)C(=O)N2C1. The largest absolute Gasteiger partial charge is 0.397 e. The number of fused-ring (bicyclic) bond motifs is 3. The van der Waals surface area contributed by atoms with E-state index in [2.05, 4.69) is 16.0 Å². The zero-order valence-electron chi connectivity index (χ0n) is 62.8.